The monoisotopic (exact) mass is 1280 g/mol. The van der Waals surface area contributed by atoms with E-state index in [-0.39, 0.29) is 0 Å². The number of nitrogens with two attached hydrogens (primary N) is 1. The lowest BCUT2D eigenvalue weighted by Gasteiger charge is -2.50. The third-order valence-corrected chi connectivity index (χ3v) is 14.4. The zero-order valence-corrected chi connectivity index (χ0v) is 44.0. The molecule has 468 valence electrons. The van der Waals surface area contributed by atoms with E-state index in [4.69, 9.17) is 62.4 Å². The van der Waals surface area contributed by atoms with Gasteiger partial charge < -0.3 is 104 Å². The van der Waals surface area contributed by atoms with Crippen molar-refractivity contribution in [3.63, 3.8) is 0 Å². The molecule has 5 aliphatic heterocycles. The summed E-state index contributed by atoms with van der Waals surface area (Å²) < 4.78 is 245. The summed E-state index contributed by atoms with van der Waals surface area (Å²) in [6, 6.07) is -4.50. The molecule has 48 heteroatoms. The van der Waals surface area contributed by atoms with Crippen molar-refractivity contribution in [2.45, 2.75) is 153 Å². The molecule has 0 unspecified atom stereocenters. The highest BCUT2D eigenvalue weighted by Gasteiger charge is 2.60. The molecule has 5 aliphatic rings. The smallest absolute Gasteiger partial charge is 0.397 e. The van der Waals surface area contributed by atoms with Gasteiger partial charge in [0.15, 0.2) is 49.8 Å². The predicted octanol–water partition coefficient (Wildman–Crippen LogP) is -11.8. The van der Waals surface area contributed by atoms with Gasteiger partial charge in [-0.1, -0.05) is 0 Å². The van der Waals surface area contributed by atoms with Crippen molar-refractivity contribution in [1.29, 1.82) is 0 Å². The van der Waals surface area contributed by atoms with E-state index in [1.807, 2.05) is 0 Å². The second kappa shape index (κ2) is 26.8. The molecule has 5 heterocycles. The van der Waals surface area contributed by atoms with Gasteiger partial charge in [0.2, 0.25) is 0 Å². The van der Waals surface area contributed by atoms with Gasteiger partial charge in [-0.05, 0) is 0 Å². The van der Waals surface area contributed by atoms with Crippen molar-refractivity contribution in [2.75, 3.05) is 34.0 Å². The highest BCUT2D eigenvalue weighted by molar-refractivity contribution is 7.83. The van der Waals surface area contributed by atoms with E-state index in [1.165, 1.54) is 0 Å². The Balaban J connectivity index is 1.45. The average molecular weight is 1280 g/mol. The van der Waals surface area contributed by atoms with Crippen LogP contribution >= 0.6 is 0 Å². The highest BCUT2D eigenvalue weighted by atomic mass is 32.3. The number of aliphatic carboxylic acids is 2. The summed E-state index contributed by atoms with van der Waals surface area (Å²) in [6.07, 6.45) is -56.7. The minimum atomic E-state index is -5.89. The molecule has 0 aliphatic carbocycles. The summed E-state index contributed by atoms with van der Waals surface area (Å²) >= 11 is 0. The first-order valence-electron chi connectivity index (χ1n) is 21.8. The number of aliphatic hydroxyl groups is 7. The van der Waals surface area contributed by atoms with Crippen LogP contribution in [-0.2, 0) is 130 Å². The molecule has 5 saturated heterocycles. The number of hydrogen-bond acceptors (Lipinski definition) is 35. The number of carboxylic acids is 2. The summed E-state index contributed by atoms with van der Waals surface area (Å²) in [5.41, 5.74) is 6.19. The number of aliphatic hydroxyl groups excluding tert-OH is 7. The molecule has 0 bridgehead atoms. The number of ether oxygens (including phenoxy) is 11. The SMILES string of the molecule is CO[C@@H]1[C@@H](NS(=O)(=O)O)[C@@H](O[C@H]2[C@H](O)[C@H](O)[C@H](O[C@H]3[C@H](OS(=O)(=O)O)[C@@H](N)[C@@H](O[C@H]4[C@H](O)[C@@H](OS(=O)(=O)O)[C@H](O[C@H]5[C@H](OS(=O)(=O)O)[C@@H](O)[C@@H](O)O[C@@H]5CO)O[C@H]4C(=O)O)O[C@@H]3CO)O[C@@H]2C(=O)O)O[C@H](COS(=O)(=O)O)[C@H]1OC. The van der Waals surface area contributed by atoms with Crippen molar-refractivity contribution in [1.82, 2.24) is 4.72 Å². The van der Waals surface area contributed by atoms with Gasteiger partial charge in [-0.3, -0.25) is 22.8 Å². The maximum absolute atomic E-state index is 12.7. The maximum atomic E-state index is 12.7. The third-order valence-electron chi connectivity index (χ3n) is 12.0. The molecule has 0 aromatic carbocycles. The first-order valence-corrected chi connectivity index (χ1v) is 28.7. The minimum Gasteiger partial charge on any atom is -0.479 e. The van der Waals surface area contributed by atoms with Crippen LogP contribution in [-0.4, -0.2) is 310 Å². The summed E-state index contributed by atoms with van der Waals surface area (Å²) in [5, 5.41) is 95.6. The van der Waals surface area contributed by atoms with E-state index in [0.717, 1.165) is 14.2 Å². The molecule has 43 nitrogen and oxygen atoms in total. The largest absolute Gasteiger partial charge is 0.479 e. The summed E-state index contributed by atoms with van der Waals surface area (Å²) in [5.74, 6) is -4.37. The van der Waals surface area contributed by atoms with Crippen molar-refractivity contribution >= 4 is 63.8 Å². The third kappa shape index (κ3) is 17.3. The maximum Gasteiger partial charge on any atom is 0.397 e. The highest BCUT2D eigenvalue weighted by Crippen LogP contribution is 2.38. The van der Waals surface area contributed by atoms with E-state index in [1.54, 1.807) is 4.72 Å². The van der Waals surface area contributed by atoms with E-state index < -0.39 is 237 Å². The van der Waals surface area contributed by atoms with Crippen molar-refractivity contribution < 1.29 is 189 Å². The van der Waals surface area contributed by atoms with Crippen LogP contribution in [0.3, 0.4) is 0 Å². The number of nitrogens with one attached hydrogen (secondary N) is 1. The van der Waals surface area contributed by atoms with Gasteiger partial charge >= 0.3 is 63.8 Å². The van der Waals surface area contributed by atoms with Crippen LogP contribution in [0.2, 0.25) is 0 Å². The Morgan fingerprint density at radius 2 is 0.912 bits per heavy atom. The summed E-state index contributed by atoms with van der Waals surface area (Å²) in [4.78, 5) is 25.5. The Bertz CT molecular complexity index is 2690. The quantitative estimate of drug-likeness (QED) is 0.0377. The topological polar surface area (TPSA) is 665 Å². The lowest BCUT2D eigenvalue weighted by molar-refractivity contribution is -0.374. The van der Waals surface area contributed by atoms with Crippen LogP contribution in [0.4, 0.5) is 0 Å². The fourth-order valence-corrected chi connectivity index (χ4v) is 11.1. The van der Waals surface area contributed by atoms with Crippen molar-refractivity contribution in [2.24, 2.45) is 5.73 Å². The molecule has 0 saturated carbocycles. The fourth-order valence-electron chi connectivity index (χ4n) is 8.71. The van der Waals surface area contributed by atoms with E-state index >= 15 is 0 Å². The predicted molar refractivity (Wildman–Crippen MR) is 233 cm³/mol. The van der Waals surface area contributed by atoms with Gasteiger partial charge in [0.25, 0.3) is 0 Å². The first kappa shape index (κ1) is 68.3. The second-order valence-electron chi connectivity index (χ2n) is 17.2. The normalized spacial score (nSPS) is 41.7. The zero-order chi connectivity index (χ0) is 60.5. The van der Waals surface area contributed by atoms with E-state index in [2.05, 4.69) is 16.7 Å². The van der Waals surface area contributed by atoms with Gasteiger partial charge in [0.05, 0.1) is 25.9 Å². The Hall–Kier alpha value is -2.47. The second-order valence-corrected chi connectivity index (χ2v) is 22.6. The molecular weight excluding hydrogens is 1230 g/mol. The zero-order valence-electron chi connectivity index (χ0n) is 40.0. The van der Waals surface area contributed by atoms with Crippen LogP contribution < -0.4 is 10.5 Å². The molecule has 0 aromatic heterocycles. The first-order chi connectivity index (χ1) is 36.7. The lowest BCUT2D eigenvalue weighted by atomic mass is 9.94. The van der Waals surface area contributed by atoms with Crippen LogP contribution in [0.1, 0.15) is 0 Å². The van der Waals surface area contributed by atoms with Gasteiger partial charge in [-0.15, -0.1) is 0 Å². The van der Waals surface area contributed by atoms with Crippen LogP contribution in [0, 0.1) is 0 Å². The lowest BCUT2D eigenvalue weighted by Crippen LogP contribution is -2.70. The summed E-state index contributed by atoms with van der Waals surface area (Å²) in [6.45, 7) is -3.97. The standard InChI is InChI=1S/C32H54N2O41S5/c1-61-15-8(5-63-77(49,50)51)66-30(10(19(15)62-2)34-76(46,47)48)70-20-11(37)12(38)31(71-24(20)26(41)42)67-16-7(4-36)65-29(9(33)18(16)73-78(52,53)54)69-21-13(39)23(75-80(58,59)60)32(72-25(21)27(43)44)68-17-6(3-35)64-28(45)14(40)22(17)74-79(55,56)57/h6-25,28-32,34-40,45H,3-5,33H2,1-2H3,(H,41,42)(H,43,44)(H,46,47,48)(H,49,50,51)(H,52,53,54)(H,55,56,57)(H,58,59,60)/t6-,7-,8-,9-,10-,11-,12+,13+,14-,15-,16-,17-,18-,19-,20+,21+,22-,23-,24+,25-,28+,29-,30-,31-,32-/m1/s1. The average Bonchev–Trinajstić information content (AvgIpc) is 3.32. The molecule has 0 aromatic rings. The number of hydrogen-bond donors (Lipinski definition) is 16. The molecule has 0 spiro atoms. The minimum absolute atomic E-state index is 0.915. The molecule has 80 heavy (non-hydrogen) atoms. The number of rotatable bonds is 25. The number of methoxy groups -OCH3 is 2. The molecule has 0 amide bonds. The molecule has 5 rings (SSSR count). The van der Waals surface area contributed by atoms with Crippen LogP contribution in [0.5, 0.6) is 0 Å². The number of carboxylic acid groups (broad SMARTS) is 2. The fraction of sp³-hybridized carbons (Fsp3) is 0.938. The van der Waals surface area contributed by atoms with E-state index in [0.29, 0.717) is 0 Å². The van der Waals surface area contributed by atoms with Crippen LogP contribution in [0.15, 0.2) is 0 Å². The van der Waals surface area contributed by atoms with Gasteiger partial charge in [-0.25, -0.2) is 26.3 Å². The van der Waals surface area contributed by atoms with Crippen molar-refractivity contribution in [3.8, 4) is 0 Å². The summed E-state index contributed by atoms with van der Waals surface area (Å²) in [7, 11) is -26.1. The Morgan fingerprint density at radius 3 is 1.40 bits per heavy atom. The molecule has 25 atom stereocenters. The molecular formula is C32H54N2O41S5. The molecule has 5 fully saturated rings. The molecule has 0 radical (unpaired) electrons. The number of carbonyl (C=O) groups is 2. The Kier molecular flexibility index (Phi) is 22.9. The van der Waals surface area contributed by atoms with Gasteiger partial charge in [0.1, 0.15) is 97.6 Å². The Labute approximate surface area is 449 Å². The van der Waals surface area contributed by atoms with Gasteiger partial charge in [-0.2, -0.15) is 46.8 Å². The van der Waals surface area contributed by atoms with Crippen molar-refractivity contribution in [3.05, 3.63) is 0 Å². The Morgan fingerprint density at radius 1 is 0.475 bits per heavy atom. The molecule has 17 N–H and O–H groups in total. The van der Waals surface area contributed by atoms with Gasteiger partial charge in [0, 0.05) is 14.2 Å². The van der Waals surface area contributed by atoms with E-state index in [9.17, 15) is 116 Å². The van der Waals surface area contributed by atoms with Crippen LogP contribution in [0.25, 0.3) is 0 Å².